The van der Waals surface area contributed by atoms with Gasteiger partial charge >= 0.3 is 5.69 Å². The standard InChI is InChI=1S/C18H14BrN5O4/c1-8-4-10-12(5-11(8)19)22-16(27)18(10,9(6-20)7-21)13-14(25)23(2)17(28)24(3)15(13)26/h4-5,9,25H,1-3H3,(H,22,27)/t18-/m1/s1. The van der Waals surface area contributed by atoms with E-state index in [2.05, 4.69) is 21.2 Å². The molecule has 1 amide bonds. The molecule has 1 aliphatic rings. The second kappa shape index (κ2) is 6.36. The molecule has 1 aromatic carbocycles. The molecule has 0 aliphatic carbocycles. The molecule has 1 aliphatic heterocycles. The first-order valence-electron chi connectivity index (χ1n) is 8.03. The van der Waals surface area contributed by atoms with Crippen molar-refractivity contribution in [3.05, 3.63) is 54.1 Å². The zero-order chi connectivity index (χ0) is 21.0. The van der Waals surface area contributed by atoms with E-state index in [1.165, 1.54) is 14.1 Å². The van der Waals surface area contributed by atoms with Crippen LogP contribution in [0.15, 0.2) is 26.2 Å². The van der Waals surface area contributed by atoms with Gasteiger partial charge in [-0.25, -0.2) is 4.79 Å². The predicted octanol–water partition coefficient (Wildman–Crippen LogP) is 0.762. The van der Waals surface area contributed by atoms with Crippen molar-refractivity contribution < 1.29 is 9.90 Å². The van der Waals surface area contributed by atoms with Gasteiger partial charge in [-0.15, -0.1) is 0 Å². The molecule has 0 radical (unpaired) electrons. The van der Waals surface area contributed by atoms with E-state index in [0.717, 1.165) is 9.13 Å². The van der Waals surface area contributed by atoms with E-state index in [1.807, 2.05) is 0 Å². The molecule has 1 aromatic heterocycles. The number of aryl methyl sites for hydroxylation is 1. The summed E-state index contributed by atoms with van der Waals surface area (Å²) in [6, 6.07) is 6.70. The number of nitrogens with one attached hydrogen (secondary N) is 1. The topological polar surface area (TPSA) is 141 Å². The lowest BCUT2D eigenvalue weighted by molar-refractivity contribution is -0.120. The van der Waals surface area contributed by atoms with Crippen LogP contribution >= 0.6 is 15.9 Å². The number of nitriles is 2. The van der Waals surface area contributed by atoms with Gasteiger partial charge in [-0.05, 0) is 24.1 Å². The van der Waals surface area contributed by atoms with Gasteiger partial charge in [0.2, 0.25) is 11.8 Å². The normalized spacial score (nSPS) is 17.8. The van der Waals surface area contributed by atoms with E-state index in [0.29, 0.717) is 15.7 Å². The number of rotatable bonds is 2. The van der Waals surface area contributed by atoms with Crippen molar-refractivity contribution in [2.45, 2.75) is 12.3 Å². The number of carbonyl (C=O) groups is 1. The average molecular weight is 444 g/mol. The fourth-order valence-electron chi connectivity index (χ4n) is 3.53. The highest BCUT2D eigenvalue weighted by atomic mass is 79.9. The highest BCUT2D eigenvalue weighted by Crippen LogP contribution is 2.49. The number of aromatic nitrogens is 2. The number of hydrogen-bond donors (Lipinski definition) is 2. The van der Waals surface area contributed by atoms with Gasteiger partial charge < -0.3 is 10.4 Å². The molecule has 0 saturated carbocycles. The van der Waals surface area contributed by atoms with Crippen LogP contribution in [0.3, 0.4) is 0 Å². The van der Waals surface area contributed by atoms with E-state index in [1.54, 1.807) is 31.2 Å². The minimum absolute atomic E-state index is 0.206. The summed E-state index contributed by atoms with van der Waals surface area (Å²) >= 11 is 3.35. The Labute approximate surface area is 167 Å². The fourth-order valence-corrected chi connectivity index (χ4v) is 3.88. The molecule has 0 unspecified atom stereocenters. The minimum atomic E-state index is -2.10. The smallest absolute Gasteiger partial charge is 0.333 e. The summed E-state index contributed by atoms with van der Waals surface area (Å²) in [6.45, 7) is 1.74. The number of anilines is 1. The first-order chi connectivity index (χ1) is 13.1. The lowest BCUT2D eigenvalue weighted by atomic mass is 9.67. The molecule has 142 valence electrons. The molecule has 9 nitrogen and oxygen atoms in total. The molecule has 2 N–H and O–H groups in total. The van der Waals surface area contributed by atoms with E-state index in [-0.39, 0.29) is 5.56 Å². The molecule has 2 aromatic rings. The van der Waals surface area contributed by atoms with Crippen molar-refractivity contribution in [3.63, 3.8) is 0 Å². The SMILES string of the molecule is Cc1cc2c(cc1Br)NC(=O)[C@]2(c1c(O)n(C)c(=O)n(C)c1=O)C(C#N)C#N. The van der Waals surface area contributed by atoms with Crippen LogP contribution in [0, 0.1) is 35.5 Å². The molecule has 28 heavy (non-hydrogen) atoms. The number of benzene rings is 1. The Hall–Kier alpha value is -3.37. The number of halogens is 1. The van der Waals surface area contributed by atoms with Crippen LogP contribution in [0.4, 0.5) is 5.69 Å². The van der Waals surface area contributed by atoms with Crippen molar-refractivity contribution in [2.75, 3.05) is 5.32 Å². The summed E-state index contributed by atoms with van der Waals surface area (Å²) in [4.78, 5) is 38.3. The zero-order valence-corrected chi connectivity index (χ0v) is 16.7. The molecule has 10 heteroatoms. The molecule has 2 heterocycles. The molecule has 0 spiro atoms. The second-order valence-electron chi connectivity index (χ2n) is 6.50. The van der Waals surface area contributed by atoms with Crippen molar-refractivity contribution in [2.24, 2.45) is 20.0 Å². The van der Waals surface area contributed by atoms with Crippen molar-refractivity contribution in [3.8, 4) is 18.0 Å². The molecule has 1 atom stereocenters. The average Bonchev–Trinajstić information content (AvgIpc) is 2.92. The first-order valence-corrected chi connectivity index (χ1v) is 8.82. The number of hydrogen-bond acceptors (Lipinski definition) is 6. The van der Waals surface area contributed by atoms with E-state index >= 15 is 0 Å². The Balaban J connectivity index is 2.62. The van der Waals surface area contributed by atoms with Crippen LogP contribution in [-0.4, -0.2) is 20.1 Å². The summed E-state index contributed by atoms with van der Waals surface area (Å²) in [5.74, 6) is -3.21. The van der Waals surface area contributed by atoms with Crippen LogP contribution in [-0.2, 0) is 24.3 Å². The van der Waals surface area contributed by atoms with E-state index < -0.39 is 39.9 Å². The Bertz CT molecular complexity index is 1230. The first kappa shape index (κ1) is 19.4. The van der Waals surface area contributed by atoms with Crippen molar-refractivity contribution in [1.29, 1.82) is 10.5 Å². The van der Waals surface area contributed by atoms with Gasteiger partial charge in [0.05, 0.1) is 12.1 Å². The fraction of sp³-hybridized carbons (Fsp3) is 0.278. The third-order valence-electron chi connectivity index (χ3n) is 5.05. The van der Waals surface area contributed by atoms with Crippen LogP contribution in [0.25, 0.3) is 0 Å². The maximum atomic E-state index is 13.2. The maximum absolute atomic E-state index is 13.2. The summed E-state index contributed by atoms with van der Waals surface area (Å²) in [5, 5.41) is 32.5. The number of amides is 1. The van der Waals surface area contributed by atoms with Crippen molar-refractivity contribution in [1.82, 2.24) is 9.13 Å². The Morgan fingerprint density at radius 1 is 1.18 bits per heavy atom. The Kier molecular flexibility index (Phi) is 4.40. The van der Waals surface area contributed by atoms with Crippen LogP contribution in [0.1, 0.15) is 16.7 Å². The van der Waals surface area contributed by atoms with Crippen LogP contribution in [0.5, 0.6) is 5.88 Å². The quantitative estimate of drug-likeness (QED) is 0.701. The van der Waals surface area contributed by atoms with Gasteiger partial charge in [-0.3, -0.25) is 18.7 Å². The number of fused-ring (bicyclic) bond motifs is 1. The van der Waals surface area contributed by atoms with E-state index in [9.17, 15) is 30.0 Å². The lowest BCUT2D eigenvalue weighted by Crippen LogP contribution is -2.50. The highest BCUT2D eigenvalue weighted by Gasteiger charge is 2.58. The third-order valence-corrected chi connectivity index (χ3v) is 5.90. The van der Waals surface area contributed by atoms with Crippen LogP contribution < -0.4 is 16.6 Å². The minimum Gasteiger partial charge on any atom is -0.494 e. The summed E-state index contributed by atoms with van der Waals surface area (Å²) < 4.78 is 2.19. The van der Waals surface area contributed by atoms with Gasteiger partial charge in [-0.2, -0.15) is 10.5 Å². The van der Waals surface area contributed by atoms with Gasteiger partial charge in [0.25, 0.3) is 5.56 Å². The van der Waals surface area contributed by atoms with E-state index in [4.69, 9.17) is 0 Å². The number of carbonyl (C=O) groups excluding carboxylic acids is 1. The third kappa shape index (κ3) is 2.25. The van der Waals surface area contributed by atoms with Gasteiger partial charge in [0.1, 0.15) is 11.0 Å². The van der Waals surface area contributed by atoms with Gasteiger partial charge in [0.15, 0.2) is 5.92 Å². The molecule has 0 bridgehead atoms. The molecule has 0 fully saturated rings. The number of nitrogens with zero attached hydrogens (tertiary/aromatic N) is 4. The maximum Gasteiger partial charge on any atom is 0.333 e. The van der Waals surface area contributed by atoms with Gasteiger partial charge in [0, 0.05) is 24.3 Å². The summed E-state index contributed by atoms with van der Waals surface area (Å²) in [6.07, 6.45) is 0. The predicted molar refractivity (Wildman–Crippen MR) is 102 cm³/mol. The Morgan fingerprint density at radius 3 is 2.36 bits per heavy atom. The monoisotopic (exact) mass is 443 g/mol. The number of aromatic hydroxyl groups is 1. The largest absolute Gasteiger partial charge is 0.494 e. The summed E-state index contributed by atoms with van der Waals surface area (Å²) in [5.41, 5.74) is -3.17. The summed E-state index contributed by atoms with van der Waals surface area (Å²) in [7, 11) is 2.42. The van der Waals surface area contributed by atoms with Crippen molar-refractivity contribution >= 4 is 27.5 Å². The molecular weight excluding hydrogens is 430 g/mol. The molecular formula is C18H14BrN5O4. The lowest BCUT2D eigenvalue weighted by Gasteiger charge is -2.29. The Morgan fingerprint density at radius 2 is 1.79 bits per heavy atom. The molecule has 0 saturated heterocycles. The second-order valence-corrected chi connectivity index (χ2v) is 7.36. The molecule has 3 rings (SSSR count). The van der Waals surface area contributed by atoms with Crippen LogP contribution in [0.2, 0.25) is 0 Å². The van der Waals surface area contributed by atoms with Gasteiger partial charge in [-0.1, -0.05) is 22.0 Å². The zero-order valence-electron chi connectivity index (χ0n) is 15.1. The highest BCUT2D eigenvalue weighted by molar-refractivity contribution is 9.10.